The van der Waals surface area contributed by atoms with E-state index in [0.717, 1.165) is 5.56 Å². The lowest BCUT2D eigenvalue weighted by Gasteiger charge is -2.20. The second-order valence-corrected chi connectivity index (χ2v) is 4.57. The van der Waals surface area contributed by atoms with Crippen LogP contribution in [0.1, 0.15) is 19.4 Å². The molecule has 0 aliphatic rings. The molecule has 0 saturated heterocycles. The lowest BCUT2D eigenvalue weighted by atomic mass is 10.0. The van der Waals surface area contributed by atoms with E-state index in [0.29, 0.717) is 17.5 Å². The largest absolute Gasteiger partial charge is 0.506 e. The predicted molar refractivity (Wildman–Crippen MR) is 65.7 cm³/mol. The summed E-state index contributed by atoms with van der Waals surface area (Å²) in [6, 6.07) is 5.27. The minimum Gasteiger partial charge on any atom is -0.506 e. The average Bonchev–Trinajstić information content (AvgIpc) is 2.24. The molecule has 0 heterocycles. The first-order chi connectivity index (χ1) is 7.56. The molecule has 1 aromatic carbocycles. The summed E-state index contributed by atoms with van der Waals surface area (Å²) in [5, 5.41) is 22.4. The van der Waals surface area contributed by atoms with E-state index < -0.39 is 0 Å². The molecule has 0 aliphatic carbocycles. The number of phenolic OH excluding ortho intramolecular Hbond substituents is 1. The van der Waals surface area contributed by atoms with Crippen LogP contribution in [-0.4, -0.2) is 22.9 Å². The summed E-state index contributed by atoms with van der Waals surface area (Å²) in [6.07, 6.45) is 0. The molecule has 0 aromatic heterocycles. The van der Waals surface area contributed by atoms with Gasteiger partial charge in [0.1, 0.15) is 5.75 Å². The Labute approximate surface area is 101 Å². The van der Waals surface area contributed by atoms with Crippen molar-refractivity contribution in [2.45, 2.75) is 26.4 Å². The van der Waals surface area contributed by atoms with E-state index in [9.17, 15) is 5.11 Å². The molecule has 1 rings (SSSR count). The molecule has 0 amide bonds. The maximum atomic E-state index is 9.69. The average molecular weight is 244 g/mol. The number of rotatable bonds is 5. The summed E-state index contributed by atoms with van der Waals surface area (Å²) >= 11 is 5.80. The highest BCUT2D eigenvalue weighted by atomic mass is 35.5. The van der Waals surface area contributed by atoms with Gasteiger partial charge in [-0.15, -0.1) is 0 Å². The second kappa shape index (κ2) is 6.09. The van der Waals surface area contributed by atoms with E-state index in [1.54, 1.807) is 12.1 Å². The van der Waals surface area contributed by atoms with Crippen LogP contribution in [-0.2, 0) is 6.54 Å². The van der Waals surface area contributed by atoms with Crippen molar-refractivity contribution in [3.05, 3.63) is 28.8 Å². The number of para-hydroxylation sites is 1. The summed E-state index contributed by atoms with van der Waals surface area (Å²) in [6.45, 7) is 4.65. The number of benzene rings is 1. The van der Waals surface area contributed by atoms with Crippen LogP contribution in [0.15, 0.2) is 18.2 Å². The van der Waals surface area contributed by atoms with Gasteiger partial charge in [0.15, 0.2) is 0 Å². The number of hydrogen-bond acceptors (Lipinski definition) is 3. The third-order valence-electron chi connectivity index (χ3n) is 2.63. The Kier molecular flexibility index (Phi) is 5.06. The summed E-state index contributed by atoms with van der Waals surface area (Å²) in [7, 11) is 0. The number of nitrogens with one attached hydrogen (secondary N) is 1. The zero-order chi connectivity index (χ0) is 12.1. The van der Waals surface area contributed by atoms with E-state index >= 15 is 0 Å². The fourth-order valence-electron chi connectivity index (χ4n) is 1.45. The van der Waals surface area contributed by atoms with Gasteiger partial charge in [0, 0.05) is 18.2 Å². The lowest BCUT2D eigenvalue weighted by Crippen LogP contribution is -2.36. The summed E-state index contributed by atoms with van der Waals surface area (Å²) in [5.41, 5.74) is 0.742. The highest BCUT2D eigenvalue weighted by molar-refractivity contribution is 6.32. The van der Waals surface area contributed by atoms with Crippen molar-refractivity contribution in [1.82, 2.24) is 5.32 Å². The maximum Gasteiger partial charge on any atom is 0.138 e. The molecule has 3 nitrogen and oxygen atoms in total. The molecule has 0 aliphatic heterocycles. The number of aliphatic hydroxyl groups excluding tert-OH is 1. The van der Waals surface area contributed by atoms with Gasteiger partial charge in [-0.1, -0.05) is 37.6 Å². The van der Waals surface area contributed by atoms with Crippen molar-refractivity contribution >= 4 is 11.6 Å². The van der Waals surface area contributed by atoms with E-state index in [1.165, 1.54) is 0 Å². The summed E-state index contributed by atoms with van der Waals surface area (Å²) in [4.78, 5) is 0. The number of phenols is 1. The van der Waals surface area contributed by atoms with Crippen molar-refractivity contribution in [3.63, 3.8) is 0 Å². The Morgan fingerprint density at radius 1 is 1.38 bits per heavy atom. The van der Waals surface area contributed by atoms with Crippen molar-refractivity contribution in [2.75, 3.05) is 6.61 Å². The Balaban J connectivity index is 2.64. The molecule has 1 aromatic rings. The minimum atomic E-state index is 0.0263. The molecule has 0 spiro atoms. The summed E-state index contributed by atoms with van der Waals surface area (Å²) < 4.78 is 0. The summed E-state index contributed by atoms with van der Waals surface area (Å²) in [5.74, 6) is 0.448. The highest BCUT2D eigenvalue weighted by Gasteiger charge is 2.12. The smallest absolute Gasteiger partial charge is 0.138 e. The predicted octanol–water partition coefficient (Wildman–Crippen LogP) is 2.15. The minimum absolute atomic E-state index is 0.0263. The topological polar surface area (TPSA) is 52.5 Å². The van der Waals surface area contributed by atoms with E-state index in [2.05, 4.69) is 5.32 Å². The van der Waals surface area contributed by atoms with Gasteiger partial charge in [-0.25, -0.2) is 0 Å². The van der Waals surface area contributed by atoms with Crippen LogP contribution < -0.4 is 5.32 Å². The molecular weight excluding hydrogens is 226 g/mol. The van der Waals surface area contributed by atoms with E-state index in [4.69, 9.17) is 16.7 Å². The Bertz CT molecular complexity index is 342. The van der Waals surface area contributed by atoms with E-state index in [-0.39, 0.29) is 18.4 Å². The van der Waals surface area contributed by atoms with Gasteiger partial charge in [0.05, 0.1) is 11.6 Å². The van der Waals surface area contributed by atoms with Gasteiger partial charge in [-0.2, -0.15) is 0 Å². The molecule has 0 saturated carbocycles. The molecule has 0 bridgehead atoms. The third kappa shape index (κ3) is 3.37. The van der Waals surface area contributed by atoms with Crippen LogP contribution in [0.3, 0.4) is 0 Å². The van der Waals surface area contributed by atoms with Gasteiger partial charge in [-0.05, 0) is 12.0 Å². The second-order valence-electron chi connectivity index (χ2n) is 4.16. The Hall–Kier alpha value is -0.770. The zero-order valence-corrected chi connectivity index (χ0v) is 10.3. The SMILES string of the molecule is CC(C)C(CO)NCc1cccc(Cl)c1O. The normalized spacial score (nSPS) is 13.1. The fourth-order valence-corrected chi connectivity index (χ4v) is 1.65. The molecule has 3 N–H and O–H groups in total. The third-order valence-corrected chi connectivity index (χ3v) is 2.93. The molecule has 4 heteroatoms. The molecule has 0 radical (unpaired) electrons. The van der Waals surface area contributed by atoms with Gasteiger partial charge < -0.3 is 15.5 Å². The molecular formula is C12H18ClNO2. The van der Waals surface area contributed by atoms with Crippen molar-refractivity contribution in [2.24, 2.45) is 5.92 Å². The number of hydrogen-bond donors (Lipinski definition) is 3. The van der Waals surface area contributed by atoms with Gasteiger partial charge >= 0.3 is 0 Å². The van der Waals surface area contributed by atoms with Crippen LogP contribution in [0.25, 0.3) is 0 Å². The standard InChI is InChI=1S/C12H18ClNO2/c1-8(2)11(7-15)14-6-9-4-3-5-10(13)12(9)16/h3-5,8,11,14-16H,6-7H2,1-2H3. The van der Waals surface area contributed by atoms with Crippen molar-refractivity contribution in [3.8, 4) is 5.75 Å². The quantitative estimate of drug-likeness (QED) is 0.743. The molecule has 0 fully saturated rings. The van der Waals surface area contributed by atoms with Crippen LogP contribution in [0, 0.1) is 5.92 Å². The van der Waals surface area contributed by atoms with Gasteiger partial charge in [-0.3, -0.25) is 0 Å². The first-order valence-corrected chi connectivity index (χ1v) is 5.74. The van der Waals surface area contributed by atoms with Crippen LogP contribution >= 0.6 is 11.6 Å². The first kappa shape index (κ1) is 13.3. The van der Waals surface area contributed by atoms with Gasteiger partial charge in [0.2, 0.25) is 0 Å². The fraction of sp³-hybridized carbons (Fsp3) is 0.500. The number of halogens is 1. The molecule has 90 valence electrons. The lowest BCUT2D eigenvalue weighted by molar-refractivity contribution is 0.209. The van der Waals surface area contributed by atoms with Crippen LogP contribution in [0.5, 0.6) is 5.75 Å². The van der Waals surface area contributed by atoms with Crippen molar-refractivity contribution < 1.29 is 10.2 Å². The van der Waals surface area contributed by atoms with Crippen LogP contribution in [0.2, 0.25) is 5.02 Å². The van der Waals surface area contributed by atoms with Gasteiger partial charge in [0.25, 0.3) is 0 Å². The van der Waals surface area contributed by atoms with E-state index in [1.807, 2.05) is 19.9 Å². The first-order valence-electron chi connectivity index (χ1n) is 5.36. The maximum absolute atomic E-state index is 9.69. The molecule has 1 atom stereocenters. The highest BCUT2D eigenvalue weighted by Crippen LogP contribution is 2.26. The zero-order valence-electron chi connectivity index (χ0n) is 9.57. The molecule has 16 heavy (non-hydrogen) atoms. The van der Waals surface area contributed by atoms with Crippen LogP contribution in [0.4, 0.5) is 0 Å². The monoisotopic (exact) mass is 243 g/mol. The molecule has 1 unspecified atom stereocenters. The number of aliphatic hydroxyl groups is 1. The Morgan fingerprint density at radius 3 is 2.62 bits per heavy atom. The number of aromatic hydroxyl groups is 1. The Morgan fingerprint density at radius 2 is 2.06 bits per heavy atom. The van der Waals surface area contributed by atoms with Crippen molar-refractivity contribution in [1.29, 1.82) is 0 Å².